The van der Waals surface area contributed by atoms with E-state index < -0.39 is 6.09 Å². The van der Waals surface area contributed by atoms with Gasteiger partial charge in [0.1, 0.15) is 0 Å². The van der Waals surface area contributed by atoms with Gasteiger partial charge >= 0.3 is 6.09 Å². The van der Waals surface area contributed by atoms with Gasteiger partial charge in [0.25, 0.3) is 0 Å². The number of carbonyl (C=O) groups excluding carboxylic acids is 1. The van der Waals surface area contributed by atoms with E-state index in [0.29, 0.717) is 12.5 Å². The third-order valence-electron chi connectivity index (χ3n) is 3.85. The van der Waals surface area contributed by atoms with Crippen LogP contribution >= 0.6 is 0 Å². The van der Waals surface area contributed by atoms with E-state index in [4.69, 9.17) is 0 Å². The first-order valence-corrected chi connectivity index (χ1v) is 7.97. The summed E-state index contributed by atoms with van der Waals surface area (Å²) in [6.07, 6.45) is 5.79. The molecule has 2 rings (SSSR count). The highest BCUT2D eigenvalue weighted by Crippen LogP contribution is 2.18. The lowest BCUT2D eigenvalue weighted by Gasteiger charge is -2.13. The summed E-state index contributed by atoms with van der Waals surface area (Å²) in [5.41, 5.74) is 2.56. The van der Waals surface area contributed by atoms with Crippen molar-refractivity contribution in [3.8, 4) is 0 Å². The van der Waals surface area contributed by atoms with Gasteiger partial charge in [0.2, 0.25) is 5.96 Å². The van der Waals surface area contributed by atoms with Gasteiger partial charge in [-0.15, -0.1) is 0 Å². The molecule has 1 unspecified atom stereocenters. The number of alkyl carbamates (subject to hydrolysis) is 1. The molecule has 5 heteroatoms. The van der Waals surface area contributed by atoms with E-state index in [1.165, 1.54) is 43.9 Å². The molecule has 2 N–H and O–H groups in total. The Morgan fingerprint density at radius 3 is 2.77 bits per heavy atom. The molecule has 5 nitrogen and oxygen atoms in total. The van der Waals surface area contributed by atoms with Gasteiger partial charge in [-0.1, -0.05) is 50.5 Å². The van der Waals surface area contributed by atoms with Crippen molar-refractivity contribution in [1.82, 2.24) is 10.6 Å². The van der Waals surface area contributed by atoms with Crippen molar-refractivity contribution in [2.75, 3.05) is 13.7 Å². The van der Waals surface area contributed by atoms with Crippen LogP contribution in [0.3, 0.4) is 0 Å². The van der Waals surface area contributed by atoms with Gasteiger partial charge in [-0.3, -0.25) is 10.3 Å². The van der Waals surface area contributed by atoms with Crippen LogP contribution in [0.1, 0.15) is 49.8 Å². The number of guanidine groups is 1. The Hall–Kier alpha value is -2.04. The number of carbonyl (C=O) groups is 1. The van der Waals surface area contributed by atoms with Crippen molar-refractivity contribution >= 4 is 12.1 Å². The molecule has 0 aromatic heterocycles. The van der Waals surface area contributed by atoms with Crippen LogP contribution in [0.2, 0.25) is 0 Å². The molecule has 120 valence electrons. The highest BCUT2D eigenvalue weighted by molar-refractivity contribution is 5.94. The predicted molar refractivity (Wildman–Crippen MR) is 88.0 cm³/mol. The van der Waals surface area contributed by atoms with Crippen molar-refractivity contribution in [3.05, 3.63) is 35.4 Å². The lowest BCUT2D eigenvalue weighted by molar-refractivity contribution is 0.176. The SMILES string of the molecule is CCCCCCc1ccc(C2CN=C(NC(=O)OC)N2)cc1. The van der Waals surface area contributed by atoms with Crippen LogP contribution < -0.4 is 10.6 Å². The van der Waals surface area contributed by atoms with Crippen LogP contribution in [0, 0.1) is 0 Å². The highest BCUT2D eigenvalue weighted by atomic mass is 16.5. The smallest absolute Gasteiger partial charge is 0.413 e. The van der Waals surface area contributed by atoms with Crippen LogP contribution in [-0.4, -0.2) is 25.7 Å². The van der Waals surface area contributed by atoms with Gasteiger partial charge in [0, 0.05) is 0 Å². The Kier molecular flexibility index (Phi) is 6.25. The Morgan fingerprint density at radius 2 is 2.09 bits per heavy atom. The number of unbranched alkanes of at least 4 members (excludes halogenated alkanes) is 3. The van der Waals surface area contributed by atoms with Gasteiger partial charge in [0.05, 0.1) is 19.7 Å². The molecule has 22 heavy (non-hydrogen) atoms. The molecule has 1 aliphatic heterocycles. The summed E-state index contributed by atoms with van der Waals surface area (Å²) < 4.78 is 4.55. The molecule has 1 amide bonds. The Bertz CT molecular complexity index is 511. The molecule has 1 aromatic carbocycles. The number of nitrogens with one attached hydrogen (secondary N) is 2. The fourth-order valence-electron chi connectivity index (χ4n) is 2.52. The summed E-state index contributed by atoms with van der Waals surface area (Å²) in [7, 11) is 1.33. The van der Waals surface area contributed by atoms with Gasteiger partial charge < -0.3 is 10.1 Å². The number of ether oxygens (including phenoxy) is 1. The number of hydrogen-bond acceptors (Lipinski definition) is 4. The fourth-order valence-corrected chi connectivity index (χ4v) is 2.52. The third kappa shape index (κ3) is 4.76. The normalized spacial score (nSPS) is 16.8. The molecule has 0 saturated carbocycles. The first kappa shape index (κ1) is 16.3. The highest BCUT2D eigenvalue weighted by Gasteiger charge is 2.20. The van der Waals surface area contributed by atoms with Crippen LogP contribution in [0.15, 0.2) is 29.3 Å². The standard InChI is InChI=1S/C17H25N3O2/c1-3-4-5-6-7-13-8-10-14(11-9-13)15-12-18-16(19-15)20-17(21)22-2/h8-11,15H,3-7,12H2,1-2H3,(H2,18,19,20,21). The maximum Gasteiger partial charge on any atom is 0.413 e. The maximum absolute atomic E-state index is 11.1. The van der Waals surface area contributed by atoms with Gasteiger partial charge in [-0.05, 0) is 24.0 Å². The topological polar surface area (TPSA) is 62.7 Å². The second kappa shape index (κ2) is 8.41. The Balaban J connectivity index is 1.81. The Morgan fingerprint density at radius 1 is 1.32 bits per heavy atom. The molecular weight excluding hydrogens is 278 g/mol. The minimum Gasteiger partial charge on any atom is -0.453 e. The quantitative estimate of drug-likeness (QED) is 0.793. The first-order valence-electron chi connectivity index (χ1n) is 7.97. The zero-order valence-electron chi connectivity index (χ0n) is 13.4. The summed E-state index contributed by atoms with van der Waals surface area (Å²) >= 11 is 0. The summed E-state index contributed by atoms with van der Waals surface area (Å²) in [5, 5.41) is 5.75. The zero-order chi connectivity index (χ0) is 15.8. The van der Waals surface area contributed by atoms with E-state index in [2.05, 4.69) is 51.6 Å². The van der Waals surface area contributed by atoms with Gasteiger partial charge in [0.15, 0.2) is 0 Å². The summed E-state index contributed by atoms with van der Waals surface area (Å²) in [6.45, 7) is 2.85. The number of benzene rings is 1. The molecule has 1 atom stereocenters. The fraction of sp³-hybridized carbons (Fsp3) is 0.529. The van der Waals surface area contributed by atoms with Gasteiger partial charge in [-0.2, -0.15) is 0 Å². The van der Waals surface area contributed by atoms with Crippen LogP contribution in [0.5, 0.6) is 0 Å². The van der Waals surface area contributed by atoms with Crippen molar-refractivity contribution in [1.29, 1.82) is 0 Å². The molecule has 0 bridgehead atoms. The second-order valence-corrected chi connectivity index (χ2v) is 5.56. The molecule has 1 aromatic rings. The molecule has 0 fully saturated rings. The molecule has 1 aliphatic rings. The number of nitrogens with zero attached hydrogens (tertiary/aromatic N) is 1. The molecule has 0 saturated heterocycles. The number of amides is 1. The van der Waals surface area contributed by atoms with E-state index >= 15 is 0 Å². The molecule has 0 radical (unpaired) electrons. The molecular formula is C17H25N3O2. The molecule has 0 aliphatic carbocycles. The average Bonchev–Trinajstić information content (AvgIpc) is 3.00. The van der Waals surface area contributed by atoms with E-state index in [1.54, 1.807) is 0 Å². The summed E-state index contributed by atoms with van der Waals surface area (Å²) in [6, 6.07) is 8.78. The molecule has 1 heterocycles. The van der Waals surface area contributed by atoms with Crippen LogP contribution in [-0.2, 0) is 11.2 Å². The minimum absolute atomic E-state index is 0.112. The van der Waals surface area contributed by atoms with E-state index in [9.17, 15) is 4.79 Å². The van der Waals surface area contributed by atoms with Gasteiger partial charge in [-0.25, -0.2) is 4.79 Å². The van der Waals surface area contributed by atoms with Crippen molar-refractivity contribution in [3.63, 3.8) is 0 Å². The van der Waals surface area contributed by atoms with Crippen LogP contribution in [0.25, 0.3) is 0 Å². The van der Waals surface area contributed by atoms with E-state index in [0.717, 1.165) is 6.42 Å². The monoisotopic (exact) mass is 303 g/mol. The lowest BCUT2D eigenvalue weighted by atomic mass is 10.0. The lowest BCUT2D eigenvalue weighted by Crippen LogP contribution is -2.39. The largest absolute Gasteiger partial charge is 0.453 e. The summed E-state index contributed by atoms with van der Waals surface area (Å²) in [5.74, 6) is 0.473. The minimum atomic E-state index is -0.505. The van der Waals surface area contributed by atoms with Crippen molar-refractivity contribution in [2.24, 2.45) is 4.99 Å². The van der Waals surface area contributed by atoms with Crippen LogP contribution in [0.4, 0.5) is 4.79 Å². The second-order valence-electron chi connectivity index (χ2n) is 5.56. The average molecular weight is 303 g/mol. The molecule has 0 spiro atoms. The van der Waals surface area contributed by atoms with E-state index in [-0.39, 0.29) is 6.04 Å². The van der Waals surface area contributed by atoms with Crippen molar-refractivity contribution in [2.45, 2.75) is 45.1 Å². The van der Waals surface area contributed by atoms with E-state index in [1.807, 2.05) is 0 Å². The first-order chi connectivity index (χ1) is 10.7. The zero-order valence-corrected chi connectivity index (χ0v) is 13.4. The number of methoxy groups -OCH3 is 1. The summed E-state index contributed by atoms with van der Waals surface area (Å²) in [4.78, 5) is 15.4. The third-order valence-corrected chi connectivity index (χ3v) is 3.85. The number of aryl methyl sites for hydroxylation is 1. The number of aliphatic imine (C=N–C) groups is 1. The Labute approximate surface area is 132 Å². The van der Waals surface area contributed by atoms with Crippen molar-refractivity contribution < 1.29 is 9.53 Å². The maximum atomic E-state index is 11.1. The number of hydrogen-bond donors (Lipinski definition) is 2. The predicted octanol–water partition coefficient (Wildman–Crippen LogP) is 3.17. The number of rotatable bonds is 6.